The van der Waals surface area contributed by atoms with Crippen LogP contribution < -0.4 is 0 Å². The average molecular weight is 441 g/mol. The second kappa shape index (κ2) is 11.9. The standard InChI is InChI=1S/C27H36O5/c1-19(17-22-11-7-6-8-12-22)23-13-9-10-16-31-18-20(2)25(29)21(3)26(30)27(4,5)15-14-24(28)32-23/h6-12,14-15,17,20-21,23,25,29H,13,16,18H2,1-5H3/b10-9+,15-14+,19-17+/t20-,21+,23-,25-/m0/s1. The summed E-state index contributed by atoms with van der Waals surface area (Å²) in [6, 6.07) is 9.87. The molecule has 0 unspecified atom stereocenters. The Kier molecular flexibility index (Phi) is 9.60. The monoisotopic (exact) mass is 440 g/mol. The summed E-state index contributed by atoms with van der Waals surface area (Å²) in [4.78, 5) is 25.6. The fourth-order valence-electron chi connectivity index (χ4n) is 3.71. The second-order valence-corrected chi connectivity index (χ2v) is 9.14. The number of allylic oxidation sites excluding steroid dienone is 1. The lowest BCUT2D eigenvalue weighted by atomic mass is 9.77. The number of aliphatic hydroxyl groups is 1. The van der Waals surface area contributed by atoms with Crippen molar-refractivity contribution in [1.29, 1.82) is 0 Å². The van der Waals surface area contributed by atoms with Crippen LogP contribution in [0.25, 0.3) is 6.08 Å². The van der Waals surface area contributed by atoms with E-state index in [0.29, 0.717) is 19.6 Å². The molecule has 1 heterocycles. The molecule has 5 heteroatoms. The highest BCUT2D eigenvalue weighted by Crippen LogP contribution is 2.27. The Labute approximate surface area is 191 Å². The van der Waals surface area contributed by atoms with Gasteiger partial charge in [-0.15, -0.1) is 0 Å². The van der Waals surface area contributed by atoms with Gasteiger partial charge in [-0.25, -0.2) is 4.79 Å². The zero-order valence-electron chi connectivity index (χ0n) is 19.8. The van der Waals surface area contributed by atoms with E-state index in [9.17, 15) is 14.7 Å². The first-order valence-corrected chi connectivity index (χ1v) is 11.2. The minimum Gasteiger partial charge on any atom is -0.454 e. The van der Waals surface area contributed by atoms with E-state index in [4.69, 9.17) is 9.47 Å². The van der Waals surface area contributed by atoms with Gasteiger partial charge in [-0.3, -0.25) is 4.79 Å². The number of carbonyl (C=O) groups is 2. The maximum Gasteiger partial charge on any atom is 0.331 e. The molecule has 0 saturated heterocycles. The molecule has 1 aromatic rings. The molecule has 32 heavy (non-hydrogen) atoms. The summed E-state index contributed by atoms with van der Waals surface area (Å²) in [6.07, 6.45) is 7.96. The molecule has 0 spiro atoms. The Balaban J connectivity index is 2.28. The minimum absolute atomic E-state index is 0.135. The maximum atomic E-state index is 13.0. The van der Waals surface area contributed by atoms with Gasteiger partial charge in [0.1, 0.15) is 11.9 Å². The summed E-state index contributed by atoms with van der Waals surface area (Å²) in [7, 11) is 0. The van der Waals surface area contributed by atoms with E-state index in [1.165, 1.54) is 6.08 Å². The van der Waals surface area contributed by atoms with Crippen LogP contribution >= 0.6 is 0 Å². The third-order valence-corrected chi connectivity index (χ3v) is 5.85. The molecule has 174 valence electrons. The Morgan fingerprint density at radius 3 is 2.50 bits per heavy atom. The molecule has 0 radical (unpaired) electrons. The number of hydrogen-bond donors (Lipinski definition) is 1. The van der Waals surface area contributed by atoms with Crippen LogP contribution in [0.5, 0.6) is 0 Å². The van der Waals surface area contributed by atoms with Crippen LogP contribution in [0, 0.1) is 17.3 Å². The quantitative estimate of drug-likeness (QED) is 0.530. The predicted octanol–water partition coefficient (Wildman–Crippen LogP) is 4.76. The largest absolute Gasteiger partial charge is 0.454 e. The van der Waals surface area contributed by atoms with E-state index in [1.54, 1.807) is 26.8 Å². The maximum absolute atomic E-state index is 13.0. The number of rotatable bonds is 2. The predicted molar refractivity (Wildman–Crippen MR) is 127 cm³/mol. The van der Waals surface area contributed by atoms with Crippen molar-refractivity contribution >= 4 is 17.8 Å². The number of esters is 1. The number of aliphatic hydroxyl groups excluding tert-OH is 1. The summed E-state index contributed by atoms with van der Waals surface area (Å²) >= 11 is 0. The van der Waals surface area contributed by atoms with Crippen LogP contribution in [0.15, 0.2) is 60.2 Å². The van der Waals surface area contributed by atoms with E-state index in [2.05, 4.69) is 0 Å². The number of benzene rings is 1. The van der Waals surface area contributed by atoms with Crippen molar-refractivity contribution in [3.63, 3.8) is 0 Å². The van der Waals surface area contributed by atoms with Crippen molar-refractivity contribution in [3.8, 4) is 0 Å². The lowest BCUT2D eigenvalue weighted by molar-refractivity contribution is -0.141. The molecule has 1 aromatic carbocycles. The zero-order chi connectivity index (χ0) is 23.7. The smallest absolute Gasteiger partial charge is 0.331 e. The first-order valence-electron chi connectivity index (χ1n) is 11.2. The van der Waals surface area contributed by atoms with Gasteiger partial charge in [0.25, 0.3) is 0 Å². The Hall–Kier alpha value is -2.50. The molecule has 1 N–H and O–H groups in total. The molecular formula is C27H36O5. The fourth-order valence-corrected chi connectivity index (χ4v) is 3.71. The molecule has 5 nitrogen and oxygen atoms in total. The third kappa shape index (κ3) is 7.57. The van der Waals surface area contributed by atoms with Gasteiger partial charge in [-0.2, -0.15) is 0 Å². The van der Waals surface area contributed by atoms with Crippen LogP contribution in [0.4, 0.5) is 0 Å². The van der Waals surface area contributed by atoms with Gasteiger partial charge in [-0.1, -0.05) is 68.5 Å². The van der Waals surface area contributed by atoms with Gasteiger partial charge in [-0.05, 0) is 31.9 Å². The molecular weight excluding hydrogens is 404 g/mol. The second-order valence-electron chi connectivity index (χ2n) is 9.14. The van der Waals surface area contributed by atoms with Crippen LogP contribution in [-0.4, -0.2) is 42.3 Å². The SMILES string of the molecule is C/C(=C\c1ccccc1)[C@@H]1C/C=C/COC[C@H](C)[C@H](O)[C@@H](C)C(=O)C(C)(C)/C=C/C(=O)O1. The number of ether oxygens (including phenoxy) is 2. The van der Waals surface area contributed by atoms with Crippen molar-refractivity contribution in [2.75, 3.05) is 13.2 Å². The summed E-state index contributed by atoms with van der Waals surface area (Å²) < 4.78 is 11.4. The van der Waals surface area contributed by atoms with E-state index in [-0.39, 0.29) is 11.7 Å². The van der Waals surface area contributed by atoms with Gasteiger partial charge in [0, 0.05) is 29.7 Å². The van der Waals surface area contributed by atoms with E-state index in [1.807, 2.05) is 62.4 Å². The molecule has 0 amide bonds. The Morgan fingerprint density at radius 2 is 1.81 bits per heavy atom. The third-order valence-electron chi connectivity index (χ3n) is 5.85. The zero-order valence-corrected chi connectivity index (χ0v) is 19.8. The molecule has 4 atom stereocenters. The molecule has 0 aliphatic carbocycles. The highest BCUT2D eigenvalue weighted by Gasteiger charge is 2.35. The van der Waals surface area contributed by atoms with Crippen molar-refractivity contribution in [1.82, 2.24) is 0 Å². The average Bonchev–Trinajstić information content (AvgIpc) is 2.77. The summed E-state index contributed by atoms with van der Waals surface area (Å²) in [5, 5.41) is 10.6. The first-order chi connectivity index (χ1) is 15.1. The van der Waals surface area contributed by atoms with Gasteiger partial charge in [0.15, 0.2) is 0 Å². The molecule has 0 bridgehead atoms. The van der Waals surface area contributed by atoms with Crippen molar-refractivity contribution in [2.24, 2.45) is 17.3 Å². The Morgan fingerprint density at radius 1 is 1.12 bits per heavy atom. The van der Waals surface area contributed by atoms with Gasteiger partial charge in [0.05, 0.1) is 19.3 Å². The van der Waals surface area contributed by atoms with Crippen LogP contribution in [-0.2, 0) is 19.1 Å². The number of ketones is 1. The normalized spacial score (nSPS) is 30.4. The number of hydrogen-bond acceptors (Lipinski definition) is 5. The van der Waals surface area contributed by atoms with E-state index >= 15 is 0 Å². The van der Waals surface area contributed by atoms with E-state index in [0.717, 1.165) is 11.1 Å². The fraction of sp³-hybridized carbons (Fsp3) is 0.481. The Bertz CT molecular complexity index is 850. The number of carbonyl (C=O) groups excluding carboxylic acids is 2. The molecule has 2 rings (SSSR count). The molecule has 0 aromatic heterocycles. The molecule has 1 aliphatic heterocycles. The lowest BCUT2D eigenvalue weighted by Gasteiger charge is -2.29. The molecule has 1 aliphatic rings. The van der Waals surface area contributed by atoms with Crippen molar-refractivity contribution in [2.45, 2.75) is 53.2 Å². The first kappa shape index (κ1) is 25.8. The number of cyclic esters (lactones) is 1. The summed E-state index contributed by atoms with van der Waals surface area (Å²) in [6.45, 7) is 9.75. The minimum atomic E-state index is -0.915. The lowest BCUT2D eigenvalue weighted by Crippen LogP contribution is -2.39. The number of Topliss-reactive ketones (excluding diaryl/α,β-unsaturated/α-hetero) is 1. The van der Waals surface area contributed by atoms with Gasteiger partial charge < -0.3 is 14.6 Å². The highest BCUT2D eigenvalue weighted by molar-refractivity contribution is 5.90. The van der Waals surface area contributed by atoms with E-state index < -0.39 is 29.5 Å². The van der Waals surface area contributed by atoms with Crippen molar-refractivity contribution in [3.05, 3.63) is 65.8 Å². The summed E-state index contributed by atoms with van der Waals surface area (Å²) in [5.41, 5.74) is 1.04. The summed E-state index contributed by atoms with van der Waals surface area (Å²) in [5.74, 6) is -1.42. The van der Waals surface area contributed by atoms with Gasteiger partial charge in [0.2, 0.25) is 0 Å². The van der Waals surface area contributed by atoms with Gasteiger partial charge >= 0.3 is 5.97 Å². The topological polar surface area (TPSA) is 72.8 Å². The molecule has 0 saturated carbocycles. The van der Waals surface area contributed by atoms with Crippen LogP contribution in [0.2, 0.25) is 0 Å². The molecule has 0 fully saturated rings. The van der Waals surface area contributed by atoms with Crippen LogP contribution in [0.3, 0.4) is 0 Å². The van der Waals surface area contributed by atoms with Crippen LogP contribution in [0.1, 0.15) is 46.6 Å². The van der Waals surface area contributed by atoms with Crippen molar-refractivity contribution < 1.29 is 24.2 Å². The highest BCUT2D eigenvalue weighted by atomic mass is 16.5.